The Labute approximate surface area is 157 Å². The number of benzene rings is 2. The van der Waals surface area contributed by atoms with E-state index >= 15 is 0 Å². The maximum Gasteiger partial charge on any atom is 0.268 e. The van der Waals surface area contributed by atoms with Crippen molar-refractivity contribution in [3.8, 4) is 5.69 Å². The van der Waals surface area contributed by atoms with Crippen molar-refractivity contribution in [1.29, 1.82) is 0 Å². The Hall–Kier alpha value is -3.13. The lowest BCUT2D eigenvalue weighted by Gasteiger charge is -2.30. The Morgan fingerprint density at radius 2 is 1.67 bits per heavy atom. The summed E-state index contributed by atoms with van der Waals surface area (Å²) < 4.78 is 29.7. The molecule has 7 nitrogen and oxygen atoms in total. The molecule has 0 aliphatic carbocycles. The number of nitrogens with one attached hydrogen (secondary N) is 1. The van der Waals surface area contributed by atoms with Crippen molar-refractivity contribution in [1.82, 2.24) is 9.78 Å². The number of aromatic nitrogens is 2. The molecule has 1 aromatic heterocycles. The van der Waals surface area contributed by atoms with Crippen LogP contribution in [-0.2, 0) is 14.8 Å². The second-order valence-corrected chi connectivity index (χ2v) is 8.12. The van der Waals surface area contributed by atoms with E-state index in [4.69, 9.17) is 0 Å². The lowest BCUT2D eigenvalue weighted by Crippen LogP contribution is -2.42. The highest BCUT2D eigenvalue weighted by molar-refractivity contribution is 7.93. The molecule has 0 saturated carbocycles. The molecule has 1 aliphatic rings. The number of rotatable bonds is 3. The normalized spacial score (nSPS) is 14.0. The zero-order chi connectivity index (χ0) is 19.2. The minimum Gasteiger partial charge on any atom is -0.323 e. The molecule has 0 bridgehead atoms. The Morgan fingerprint density at radius 1 is 1.00 bits per heavy atom. The number of nitrogens with zero attached hydrogens (tertiary/aromatic N) is 3. The molecule has 0 spiro atoms. The van der Waals surface area contributed by atoms with E-state index < -0.39 is 10.0 Å². The second kappa shape index (κ2) is 6.24. The van der Waals surface area contributed by atoms with Crippen LogP contribution < -0.4 is 9.62 Å². The van der Waals surface area contributed by atoms with E-state index in [0.717, 1.165) is 9.99 Å². The number of sulfonamides is 1. The van der Waals surface area contributed by atoms with Crippen LogP contribution in [0.2, 0.25) is 0 Å². The summed E-state index contributed by atoms with van der Waals surface area (Å²) >= 11 is 0. The van der Waals surface area contributed by atoms with Crippen LogP contribution in [0.5, 0.6) is 0 Å². The third-order valence-electron chi connectivity index (χ3n) is 4.51. The van der Waals surface area contributed by atoms with Crippen molar-refractivity contribution >= 4 is 27.3 Å². The van der Waals surface area contributed by atoms with Crippen molar-refractivity contribution < 1.29 is 13.2 Å². The first kappa shape index (κ1) is 17.3. The lowest BCUT2D eigenvalue weighted by atomic mass is 10.2. The second-order valence-electron chi connectivity index (χ2n) is 6.32. The number of fused-ring (bicyclic) bond motifs is 1. The summed E-state index contributed by atoms with van der Waals surface area (Å²) in [5.41, 5.74) is 2.59. The van der Waals surface area contributed by atoms with E-state index in [9.17, 15) is 13.2 Å². The maximum atomic E-state index is 13.5. The minimum absolute atomic E-state index is 0.121. The number of aryl methyl sites for hydroxylation is 1. The van der Waals surface area contributed by atoms with Gasteiger partial charge in [-0.25, -0.2) is 13.1 Å². The average Bonchev–Trinajstić information content (AvgIpc) is 2.96. The van der Waals surface area contributed by atoms with Gasteiger partial charge in [0, 0.05) is 0 Å². The predicted octanol–water partition coefficient (Wildman–Crippen LogP) is 2.64. The molecule has 0 atom stereocenters. The van der Waals surface area contributed by atoms with Gasteiger partial charge in [-0.05, 0) is 38.1 Å². The van der Waals surface area contributed by atoms with Gasteiger partial charge in [-0.15, -0.1) is 0 Å². The van der Waals surface area contributed by atoms with Crippen molar-refractivity contribution in [2.45, 2.75) is 18.7 Å². The molecule has 2 heterocycles. The highest BCUT2D eigenvalue weighted by atomic mass is 32.2. The first-order valence-corrected chi connectivity index (χ1v) is 9.87. The third-order valence-corrected chi connectivity index (χ3v) is 6.52. The number of carbonyl (C=O) groups is 1. The summed E-state index contributed by atoms with van der Waals surface area (Å²) in [7, 11) is -3.97. The van der Waals surface area contributed by atoms with Gasteiger partial charge in [-0.1, -0.05) is 30.3 Å². The fourth-order valence-corrected chi connectivity index (χ4v) is 5.15. The highest BCUT2D eigenvalue weighted by Crippen LogP contribution is 2.35. The highest BCUT2D eigenvalue weighted by Gasteiger charge is 2.36. The van der Waals surface area contributed by atoms with Gasteiger partial charge in [0.15, 0.2) is 0 Å². The third kappa shape index (κ3) is 2.78. The van der Waals surface area contributed by atoms with Gasteiger partial charge >= 0.3 is 0 Å². The van der Waals surface area contributed by atoms with E-state index in [1.807, 2.05) is 30.3 Å². The SMILES string of the molecule is Cc1nn(-c2ccccc2)c(C)c1S(=O)(=O)N1CC(=O)Nc2ccccc21. The zero-order valence-corrected chi connectivity index (χ0v) is 15.7. The minimum atomic E-state index is -3.97. The summed E-state index contributed by atoms with van der Waals surface area (Å²) in [4.78, 5) is 12.2. The van der Waals surface area contributed by atoms with Crippen LogP contribution in [0.3, 0.4) is 0 Å². The first-order valence-electron chi connectivity index (χ1n) is 8.43. The van der Waals surface area contributed by atoms with Crippen LogP contribution in [0, 0.1) is 13.8 Å². The fraction of sp³-hybridized carbons (Fsp3) is 0.158. The average molecular weight is 382 g/mol. The van der Waals surface area contributed by atoms with E-state index in [1.54, 1.807) is 42.8 Å². The molecule has 3 aromatic rings. The van der Waals surface area contributed by atoms with E-state index in [-0.39, 0.29) is 17.3 Å². The van der Waals surface area contributed by atoms with Gasteiger partial charge in [-0.2, -0.15) is 5.10 Å². The Morgan fingerprint density at radius 3 is 2.41 bits per heavy atom. The number of amides is 1. The summed E-state index contributed by atoms with van der Waals surface area (Å²) in [6.07, 6.45) is 0. The topological polar surface area (TPSA) is 84.3 Å². The largest absolute Gasteiger partial charge is 0.323 e. The molecule has 0 fully saturated rings. The number of hydrogen-bond acceptors (Lipinski definition) is 4. The lowest BCUT2D eigenvalue weighted by molar-refractivity contribution is -0.115. The van der Waals surface area contributed by atoms with Gasteiger partial charge < -0.3 is 5.32 Å². The molecule has 138 valence electrons. The molecule has 27 heavy (non-hydrogen) atoms. The van der Waals surface area contributed by atoms with Gasteiger partial charge in [0.05, 0.1) is 28.5 Å². The van der Waals surface area contributed by atoms with E-state index in [1.165, 1.54) is 0 Å². The zero-order valence-electron chi connectivity index (χ0n) is 14.9. The summed E-state index contributed by atoms with van der Waals surface area (Å²) in [6.45, 7) is 3.11. The number of hydrogen-bond donors (Lipinski definition) is 1. The first-order chi connectivity index (χ1) is 12.9. The van der Waals surface area contributed by atoms with Gasteiger partial charge in [0.25, 0.3) is 10.0 Å². The Kier molecular flexibility index (Phi) is 4.00. The maximum absolute atomic E-state index is 13.5. The summed E-state index contributed by atoms with van der Waals surface area (Å²) in [5, 5.41) is 7.13. The van der Waals surface area contributed by atoms with Crippen LogP contribution in [-0.4, -0.2) is 30.7 Å². The molecule has 0 radical (unpaired) electrons. The number of para-hydroxylation sites is 3. The van der Waals surface area contributed by atoms with Crippen molar-refractivity contribution in [2.75, 3.05) is 16.2 Å². The predicted molar refractivity (Wildman–Crippen MR) is 103 cm³/mol. The monoisotopic (exact) mass is 382 g/mol. The van der Waals surface area contributed by atoms with Crippen LogP contribution in [0.15, 0.2) is 59.5 Å². The smallest absolute Gasteiger partial charge is 0.268 e. The molecule has 0 unspecified atom stereocenters. The van der Waals surface area contributed by atoms with Crippen LogP contribution in [0.4, 0.5) is 11.4 Å². The summed E-state index contributed by atoms with van der Waals surface area (Å²) in [6, 6.07) is 16.2. The van der Waals surface area contributed by atoms with Crippen molar-refractivity contribution in [2.24, 2.45) is 0 Å². The molecule has 1 aliphatic heterocycles. The van der Waals surface area contributed by atoms with Crippen molar-refractivity contribution in [3.05, 3.63) is 66.0 Å². The van der Waals surface area contributed by atoms with Crippen LogP contribution >= 0.6 is 0 Å². The van der Waals surface area contributed by atoms with Gasteiger partial charge in [0.2, 0.25) is 5.91 Å². The fourth-order valence-electron chi connectivity index (χ4n) is 3.35. The molecule has 0 saturated heterocycles. The Bertz CT molecular complexity index is 1140. The number of carbonyl (C=O) groups excluding carboxylic acids is 1. The number of anilines is 2. The molecule has 8 heteroatoms. The molecule has 1 N–H and O–H groups in total. The van der Waals surface area contributed by atoms with Crippen LogP contribution in [0.25, 0.3) is 5.69 Å². The molecule has 4 rings (SSSR count). The Balaban J connectivity index is 1.87. The molecule has 2 aromatic carbocycles. The summed E-state index contributed by atoms with van der Waals surface area (Å²) in [5.74, 6) is -0.372. The van der Waals surface area contributed by atoms with Crippen LogP contribution in [0.1, 0.15) is 11.4 Å². The van der Waals surface area contributed by atoms with Gasteiger partial charge in [-0.3, -0.25) is 9.10 Å². The molecular weight excluding hydrogens is 364 g/mol. The van der Waals surface area contributed by atoms with E-state index in [2.05, 4.69) is 10.4 Å². The molecule has 1 amide bonds. The van der Waals surface area contributed by atoms with Crippen molar-refractivity contribution in [3.63, 3.8) is 0 Å². The van der Waals surface area contributed by atoms with E-state index in [0.29, 0.717) is 22.8 Å². The quantitative estimate of drug-likeness (QED) is 0.755. The van der Waals surface area contributed by atoms with Gasteiger partial charge in [0.1, 0.15) is 11.4 Å². The molecular formula is C19H18N4O3S. The standard InChI is InChI=1S/C19H18N4O3S/c1-13-19(14(2)23(21-13)15-8-4-3-5-9-15)27(25,26)22-12-18(24)20-16-10-6-7-11-17(16)22/h3-11H,12H2,1-2H3,(H,20,24).